The first-order valence-corrected chi connectivity index (χ1v) is 10.1. The summed E-state index contributed by atoms with van der Waals surface area (Å²) in [7, 11) is 0. The van der Waals surface area contributed by atoms with Crippen LogP contribution in [0.5, 0.6) is 0 Å². The lowest BCUT2D eigenvalue weighted by Gasteiger charge is -2.30. The lowest BCUT2D eigenvalue weighted by Crippen LogP contribution is -2.37. The topological polar surface area (TPSA) is 61.9 Å². The van der Waals surface area contributed by atoms with Crippen LogP contribution in [0.4, 0.5) is 17.1 Å². The van der Waals surface area contributed by atoms with Gasteiger partial charge in [0.05, 0.1) is 30.5 Å². The van der Waals surface area contributed by atoms with E-state index in [1.165, 1.54) is 0 Å². The molecule has 0 radical (unpaired) electrons. The van der Waals surface area contributed by atoms with E-state index in [0.29, 0.717) is 19.8 Å². The van der Waals surface area contributed by atoms with E-state index in [1.54, 1.807) is 4.90 Å². The van der Waals surface area contributed by atoms with Gasteiger partial charge in [-0.2, -0.15) is 0 Å². The molecule has 6 heteroatoms. The molecule has 1 N–H and O–H groups in total. The summed E-state index contributed by atoms with van der Waals surface area (Å²) in [5.74, 6) is -0.465. The third-order valence-corrected chi connectivity index (χ3v) is 5.88. The molecule has 2 saturated heterocycles. The Morgan fingerprint density at radius 1 is 1.03 bits per heavy atom. The Morgan fingerprint density at radius 3 is 2.55 bits per heavy atom. The van der Waals surface area contributed by atoms with Crippen molar-refractivity contribution in [3.8, 4) is 0 Å². The molecule has 2 fully saturated rings. The van der Waals surface area contributed by atoms with Crippen LogP contribution >= 0.6 is 0 Å². The number of aryl methyl sites for hydroxylation is 1. The van der Waals surface area contributed by atoms with Crippen molar-refractivity contribution in [2.75, 3.05) is 48.0 Å². The fraction of sp³-hybridized carbons (Fsp3) is 0.391. The minimum atomic E-state index is -0.361. The number of anilines is 3. The lowest BCUT2D eigenvalue weighted by molar-refractivity contribution is -0.122. The Kier molecular flexibility index (Phi) is 5.53. The zero-order valence-corrected chi connectivity index (χ0v) is 17.0. The second-order valence-electron chi connectivity index (χ2n) is 7.73. The maximum atomic E-state index is 13.0. The molecular formula is C23H27N3O3. The van der Waals surface area contributed by atoms with E-state index in [1.807, 2.05) is 56.3 Å². The predicted molar refractivity (Wildman–Crippen MR) is 114 cm³/mol. The maximum Gasteiger partial charge on any atom is 0.229 e. The Balaban J connectivity index is 1.49. The van der Waals surface area contributed by atoms with Gasteiger partial charge in [0.15, 0.2) is 0 Å². The summed E-state index contributed by atoms with van der Waals surface area (Å²) in [6.45, 7) is 7.43. The number of nitrogens with one attached hydrogen (secondary N) is 1. The molecule has 0 aliphatic carbocycles. The number of para-hydroxylation sites is 2. The lowest BCUT2D eigenvalue weighted by atomic mass is 10.1. The Bertz CT molecular complexity index is 921. The fourth-order valence-corrected chi connectivity index (χ4v) is 4.04. The summed E-state index contributed by atoms with van der Waals surface area (Å²) < 4.78 is 5.44. The van der Waals surface area contributed by atoms with Crippen molar-refractivity contribution in [1.82, 2.24) is 0 Å². The Hall–Kier alpha value is -2.86. The van der Waals surface area contributed by atoms with Crippen molar-refractivity contribution in [2.24, 2.45) is 5.92 Å². The van der Waals surface area contributed by atoms with Gasteiger partial charge >= 0.3 is 0 Å². The number of ether oxygens (including phenoxy) is 1. The molecule has 29 heavy (non-hydrogen) atoms. The number of nitrogens with zero attached hydrogens (tertiary/aromatic N) is 2. The molecular weight excluding hydrogens is 366 g/mol. The Labute approximate surface area is 171 Å². The second kappa shape index (κ2) is 8.25. The highest BCUT2D eigenvalue weighted by molar-refractivity contribution is 6.04. The smallest absolute Gasteiger partial charge is 0.229 e. The highest BCUT2D eigenvalue weighted by atomic mass is 16.5. The molecule has 0 aromatic heterocycles. The number of hydrogen-bond acceptors (Lipinski definition) is 4. The molecule has 2 aliphatic rings. The molecule has 2 aliphatic heterocycles. The first kappa shape index (κ1) is 19.5. The molecule has 6 nitrogen and oxygen atoms in total. The molecule has 2 aromatic rings. The molecule has 0 unspecified atom stereocenters. The minimum absolute atomic E-state index is 0.000291. The van der Waals surface area contributed by atoms with Gasteiger partial charge in [0.25, 0.3) is 0 Å². The van der Waals surface area contributed by atoms with Crippen LogP contribution in [0.3, 0.4) is 0 Å². The SMILES string of the molecule is Cc1cccc(N2C[C@@H](C(=O)Nc3ccccc3N3CCOCC3)CC2=O)c1C. The second-order valence-corrected chi connectivity index (χ2v) is 7.73. The zero-order chi connectivity index (χ0) is 20.4. The van der Waals surface area contributed by atoms with E-state index in [0.717, 1.165) is 41.3 Å². The van der Waals surface area contributed by atoms with Crippen molar-refractivity contribution < 1.29 is 14.3 Å². The van der Waals surface area contributed by atoms with Gasteiger partial charge in [-0.05, 0) is 43.2 Å². The van der Waals surface area contributed by atoms with Gasteiger partial charge in [0.2, 0.25) is 11.8 Å². The number of morpholine rings is 1. The summed E-state index contributed by atoms with van der Waals surface area (Å²) in [5.41, 5.74) is 4.91. The first-order valence-electron chi connectivity index (χ1n) is 10.1. The molecule has 0 bridgehead atoms. The maximum absolute atomic E-state index is 13.0. The number of amides is 2. The van der Waals surface area contributed by atoms with Gasteiger partial charge in [-0.25, -0.2) is 0 Å². The molecule has 1 atom stereocenters. The number of carbonyl (C=O) groups is 2. The standard InChI is InChI=1S/C23H27N3O3/c1-16-6-5-9-20(17(16)2)26-15-18(14-22(26)27)23(28)24-19-7-3-4-8-21(19)25-10-12-29-13-11-25/h3-9,18H,10-15H2,1-2H3,(H,24,28)/t18-/m0/s1. The molecule has 2 aromatic carbocycles. The van der Waals surface area contributed by atoms with Crippen LogP contribution in [0, 0.1) is 19.8 Å². The van der Waals surface area contributed by atoms with Crippen molar-refractivity contribution in [3.63, 3.8) is 0 Å². The van der Waals surface area contributed by atoms with E-state index >= 15 is 0 Å². The monoisotopic (exact) mass is 393 g/mol. The van der Waals surface area contributed by atoms with E-state index in [-0.39, 0.29) is 24.2 Å². The normalized spacial score (nSPS) is 19.5. The van der Waals surface area contributed by atoms with Crippen LogP contribution in [0.25, 0.3) is 0 Å². The van der Waals surface area contributed by atoms with E-state index in [9.17, 15) is 9.59 Å². The average Bonchev–Trinajstić information content (AvgIpc) is 3.13. The third-order valence-electron chi connectivity index (χ3n) is 5.88. The van der Waals surface area contributed by atoms with Crippen LogP contribution < -0.4 is 15.1 Å². The predicted octanol–water partition coefficient (Wildman–Crippen LogP) is 3.13. The Morgan fingerprint density at radius 2 is 1.76 bits per heavy atom. The number of rotatable bonds is 4. The van der Waals surface area contributed by atoms with Gasteiger partial charge in [0, 0.05) is 31.7 Å². The molecule has 2 heterocycles. The van der Waals surface area contributed by atoms with Gasteiger partial charge in [0.1, 0.15) is 0 Å². The van der Waals surface area contributed by atoms with E-state index in [4.69, 9.17) is 4.74 Å². The van der Waals surface area contributed by atoms with Gasteiger partial charge in [-0.3, -0.25) is 9.59 Å². The largest absolute Gasteiger partial charge is 0.378 e. The van der Waals surface area contributed by atoms with Crippen LogP contribution in [0.2, 0.25) is 0 Å². The zero-order valence-electron chi connectivity index (χ0n) is 17.0. The van der Waals surface area contributed by atoms with Crippen LogP contribution in [-0.4, -0.2) is 44.7 Å². The number of benzene rings is 2. The van der Waals surface area contributed by atoms with Gasteiger partial charge in [-0.1, -0.05) is 24.3 Å². The number of hydrogen-bond donors (Lipinski definition) is 1. The molecule has 0 saturated carbocycles. The van der Waals surface area contributed by atoms with Gasteiger partial charge < -0.3 is 19.9 Å². The molecule has 0 spiro atoms. The van der Waals surface area contributed by atoms with E-state index < -0.39 is 0 Å². The molecule has 152 valence electrons. The minimum Gasteiger partial charge on any atom is -0.378 e. The van der Waals surface area contributed by atoms with E-state index in [2.05, 4.69) is 10.2 Å². The average molecular weight is 393 g/mol. The quantitative estimate of drug-likeness (QED) is 0.867. The van der Waals surface area contributed by atoms with Crippen LogP contribution in [0.1, 0.15) is 17.5 Å². The summed E-state index contributed by atoms with van der Waals surface area (Å²) in [4.78, 5) is 29.6. The molecule has 2 amide bonds. The summed E-state index contributed by atoms with van der Waals surface area (Å²) in [5, 5.41) is 3.07. The fourth-order valence-electron chi connectivity index (χ4n) is 4.04. The first-order chi connectivity index (χ1) is 14.0. The van der Waals surface area contributed by atoms with Crippen molar-refractivity contribution in [1.29, 1.82) is 0 Å². The summed E-state index contributed by atoms with van der Waals surface area (Å²) >= 11 is 0. The summed E-state index contributed by atoms with van der Waals surface area (Å²) in [6.07, 6.45) is 0.235. The summed E-state index contributed by atoms with van der Waals surface area (Å²) in [6, 6.07) is 13.8. The molecule has 4 rings (SSSR count). The number of carbonyl (C=O) groups excluding carboxylic acids is 2. The van der Waals surface area contributed by atoms with Crippen molar-refractivity contribution in [2.45, 2.75) is 20.3 Å². The van der Waals surface area contributed by atoms with Crippen LogP contribution in [-0.2, 0) is 14.3 Å². The highest BCUT2D eigenvalue weighted by Gasteiger charge is 2.36. The van der Waals surface area contributed by atoms with Gasteiger partial charge in [-0.15, -0.1) is 0 Å². The highest BCUT2D eigenvalue weighted by Crippen LogP contribution is 2.31. The van der Waals surface area contributed by atoms with Crippen molar-refractivity contribution in [3.05, 3.63) is 53.6 Å². The third kappa shape index (κ3) is 3.98. The van der Waals surface area contributed by atoms with Crippen molar-refractivity contribution >= 4 is 28.9 Å². The van der Waals surface area contributed by atoms with Crippen LogP contribution in [0.15, 0.2) is 42.5 Å².